The van der Waals surface area contributed by atoms with E-state index in [1.54, 1.807) is 18.2 Å². The van der Waals surface area contributed by atoms with Crippen LogP contribution in [0.3, 0.4) is 0 Å². The van der Waals surface area contributed by atoms with Gasteiger partial charge >= 0.3 is 0 Å². The van der Waals surface area contributed by atoms with Crippen LogP contribution in [0.25, 0.3) is 0 Å². The van der Waals surface area contributed by atoms with Crippen LogP contribution in [-0.2, 0) is 6.42 Å². The molecule has 0 aliphatic rings. The molecule has 0 saturated carbocycles. The van der Waals surface area contributed by atoms with Crippen LogP contribution < -0.4 is 0 Å². The van der Waals surface area contributed by atoms with Gasteiger partial charge in [0.1, 0.15) is 17.5 Å². The van der Waals surface area contributed by atoms with Gasteiger partial charge in [-0.3, -0.25) is 0 Å². The molecule has 4 heteroatoms. The van der Waals surface area contributed by atoms with Crippen LogP contribution in [0.4, 0.5) is 13.2 Å². The molecule has 0 spiro atoms. The van der Waals surface area contributed by atoms with E-state index in [9.17, 15) is 13.2 Å². The quantitative estimate of drug-likeness (QED) is 0.714. The minimum Gasteiger partial charge on any atom is -0.207 e. The molecule has 0 radical (unpaired) electrons. The van der Waals surface area contributed by atoms with E-state index in [2.05, 4.69) is 0 Å². The maximum atomic E-state index is 13.5. The first-order valence-corrected chi connectivity index (χ1v) is 5.84. The number of benzene rings is 2. The number of rotatable bonds is 3. The summed E-state index contributed by atoms with van der Waals surface area (Å²) in [6, 6.07) is 9.18. The Balaban J connectivity index is 2.25. The summed E-state index contributed by atoms with van der Waals surface area (Å²) in [4.78, 5) is 0. The van der Waals surface area contributed by atoms with Crippen molar-refractivity contribution in [2.24, 2.45) is 0 Å². The van der Waals surface area contributed by atoms with E-state index in [4.69, 9.17) is 11.6 Å². The van der Waals surface area contributed by atoms with Crippen molar-refractivity contribution in [1.29, 1.82) is 0 Å². The molecule has 0 amide bonds. The summed E-state index contributed by atoms with van der Waals surface area (Å²) < 4.78 is 39.9. The van der Waals surface area contributed by atoms with Crippen molar-refractivity contribution in [3.8, 4) is 0 Å². The minimum atomic E-state index is -0.808. The van der Waals surface area contributed by atoms with Gasteiger partial charge in [0.2, 0.25) is 0 Å². The van der Waals surface area contributed by atoms with Crippen LogP contribution in [0.1, 0.15) is 16.5 Å². The fourth-order valence-electron chi connectivity index (χ4n) is 1.72. The highest BCUT2D eigenvalue weighted by molar-refractivity contribution is 6.20. The van der Waals surface area contributed by atoms with Gasteiger partial charge < -0.3 is 0 Å². The lowest BCUT2D eigenvalue weighted by Crippen LogP contribution is -2.01. The molecule has 0 N–H and O–H groups in total. The Labute approximate surface area is 108 Å². The highest BCUT2D eigenvalue weighted by Gasteiger charge is 2.16. The number of hydrogen-bond acceptors (Lipinski definition) is 0. The van der Waals surface area contributed by atoms with Crippen molar-refractivity contribution in [3.05, 3.63) is 71.0 Å². The molecule has 0 bridgehead atoms. The molecule has 1 atom stereocenters. The Morgan fingerprint density at radius 3 is 2.39 bits per heavy atom. The van der Waals surface area contributed by atoms with Crippen molar-refractivity contribution in [1.82, 2.24) is 0 Å². The van der Waals surface area contributed by atoms with E-state index in [0.717, 1.165) is 18.2 Å². The zero-order chi connectivity index (χ0) is 13.1. The standard InChI is InChI=1S/C14H10ClF3/c15-12(7-9-3-1-2-4-13(9)17)11-8-10(16)5-6-14(11)18/h1-6,8,12H,7H2. The van der Waals surface area contributed by atoms with Gasteiger partial charge in [0.15, 0.2) is 0 Å². The predicted molar refractivity (Wildman–Crippen MR) is 65.1 cm³/mol. The summed E-state index contributed by atoms with van der Waals surface area (Å²) in [7, 11) is 0. The van der Waals surface area contributed by atoms with Crippen LogP contribution in [0.2, 0.25) is 0 Å². The van der Waals surface area contributed by atoms with E-state index in [-0.39, 0.29) is 12.0 Å². The highest BCUT2D eigenvalue weighted by Crippen LogP contribution is 2.28. The Morgan fingerprint density at radius 1 is 0.944 bits per heavy atom. The van der Waals surface area contributed by atoms with E-state index in [0.29, 0.717) is 5.56 Å². The third kappa shape index (κ3) is 2.85. The topological polar surface area (TPSA) is 0 Å². The first-order valence-electron chi connectivity index (χ1n) is 5.40. The number of halogens is 4. The largest absolute Gasteiger partial charge is 0.207 e. The summed E-state index contributed by atoms with van der Waals surface area (Å²) in [6.07, 6.45) is 0.106. The van der Waals surface area contributed by atoms with Gasteiger partial charge in [0, 0.05) is 5.56 Å². The Bertz CT molecular complexity index is 554. The second-order valence-corrected chi connectivity index (χ2v) is 4.46. The van der Waals surface area contributed by atoms with Crippen molar-refractivity contribution in [2.75, 3.05) is 0 Å². The van der Waals surface area contributed by atoms with Crippen LogP contribution >= 0.6 is 11.6 Å². The molecule has 0 aliphatic carbocycles. The molecular weight excluding hydrogens is 261 g/mol. The van der Waals surface area contributed by atoms with Gasteiger partial charge in [-0.25, -0.2) is 13.2 Å². The van der Waals surface area contributed by atoms with E-state index in [1.165, 1.54) is 6.07 Å². The van der Waals surface area contributed by atoms with Gasteiger partial charge in [-0.15, -0.1) is 11.6 Å². The molecule has 0 nitrogen and oxygen atoms in total. The maximum absolute atomic E-state index is 13.5. The summed E-state index contributed by atoms with van der Waals surface area (Å²) in [5.41, 5.74) is 0.418. The lowest BCUT2D eigenvalue weighted by atomic mass is 10.0. The third-order valence-electron chi connectivity index (χ3n) is 2.65. The van der Waals surface area contributed by atoms with Gasteiger partial charge in [-0.2, -0.15) is 0 Å². The Morgan fingerprint density at radius 2 is 1.67 bits per heavy atom. The van der Waals surface area contributed by atoms with Crippen LogP contribution in [0.15, 0.2) is 42.5 Å². The Hall–Kier alpha value is -1.48. The molecule has 18 heavy (non-hydrogen) atoms. The molecule has 2 aromatic carbocycles. The van der Waals surface area contributed by atoms with E-state index >= 15 is 0 Å². The number of hydrogen-bond donors (Lipinski definition) is 0. The molecular formula is C14H10ClF3. The first kappa shape index (κ1) is 13.0. The van der Waals surface area contributed by atoms with Crippen molar-refractivity contribution in [3.63, 3.8) is 0 Å². The lowest BCUT2D eigenvalue weighted by Gasteiger charge is -2.11. The highest BCUT2D eigenvalue weighted by atomic mass is 35.5. The molecule has 2 rings (SSSR count). The average molecular weight is 271 g/mol. The van der Waals surface area contributed by atoms with Crippen LogP contribution in [-0.4, -0.2) is 0 Å². The van der Waals surface area contributed by atoms with Crippen molar-refractivity contribution < 1.29 is 13.2 Å². The monoisotopic (exact) mass is 270 g/mol. The summed E-state index contributed by atoms with van der Waals surface area (Å²) in [6.45, 7) is 0. The summed E-state index contributed by atoms with van der Waals surface area (Å²) >= 11 is 6.02. The average Bonchev–Trinajstić information content (AvgIpc) is 2.35. The molecule has 0 saturated heterocycles. The molecule has 0 fully saturated rings. The smallest absolute Gasteiger partial charge is 0.128 e. The second-order valence-electron chi connectivity index (χ2n) is 3.93. The van der Waals surface area contributed by atoms with Gasteiger partial charge in [-0.1, -0.05) is 18.2 Å². The molecule has 0 heterocycles. The summed E-state index contributed by atoms with van der Waals surface area (Å²) in [5.74, 6) is -1.56. The fourth-order valence-corrected chi connectivity index (χ4v) is 2.06. The maximum Gasteiger partial charge on any atom is 0.128 e. The molecule has 2 aromatic rings. The van der Waals surface area contributed by atoms with Crippen molar-refractivity contribution >= 4 is 11.6 Å². The van der Waals surface area contributed by atoms with E-state index < -0.39 is 22.8 Å². The van der Waals surface area contributed by atoms with Crippen molar-refractivity contribution in [2.45, 2.75) is 11.8 Å². The van der Waals surface area contributed by atoms with Crippen LogP contribution in [0.5, 0.6) is 0 Å². The second kappa shape index (κ2) is 5.44. The van der Waals surface area contributed by atoms with Gasteiger partial charge in [0.25, 0.3) is 0 Å². The summed E-state index contributed by atoms with van der Waals surface area (Å²) in [5, 5.41) is -0.808. The third-order valence-corrected chi connectivity index (χ3v) is 3.04. The SMILES string of the molecule is Fc1ccc(F)c(C(Cl)Cc2ccccc2F)c1. The zero-order valence-electron chi connectivity index (χ0n) is 9.34. The predicted octanol–water partition coefficient (Wildman–Crippen LogP) is 4.63. The van der Waals surface area contributed by atoms with E-state index in [1.807, 2.05) is 0 Å². The minimum absolute atomic E-state index is 0.0416. The fraction of sp³-hybridized carbons (Fsp3) is 0.143. The van der Waals surface area contributed by atoms with Gasteiger partial charge in [0.05, 0.1) is 5.38 Å². The zero-order valence-corrected chi connectivity index (χ0v) is 10.1. The lowest BCUT2D eigenvalue weighted by molar-refractivity contribution is 0.576. The normalized spacial score (nSPS) is 12.4. The molecule has 1 unspecified atom stereocenters. The first-order chi connectivity index (χ1) is 8.58. The Kier molecular flexibility index (Phi) is 3.92. The molecule has 0 aromatic heterocycles. The molecule has 94 valence electrons. The van der Waals surface area contributed by atoms with Gasteiger partial charge in [-0.05, 0) is 36.2 Å². The molecule has 0 aliphatic heterocycles. The number of alkyl halides is 1. The van der Waals surface area contributed by atoms with Crippen LogP contribution in [0, 0.1) is 17.5 Å².